The Morgan fingerprint density at radius 3 is 1.37 bits per heavy atom. The van der Waals surface area contributed by atoms with E-state index in [2.05, 4.69) is 31.3 Å². The second-order valence-corrected chi connectivity index (χ2v) is 18.0. The van der Waals surface area contributed by atoms with Crippen LogP contribution in [0.25, 0.3) is 0 Å². The number of amides is 1. The molecule has 1 aliphatic heterocycles. The van der Waals surface area contributed by atoms with Crippen LogP contribution in [0.2, 0.25) is 0 Å². The van der Waals surface area contributed by atoms with Crippen molar-refractivity contribution < 1.29 is 39.8 Å². The minimum atomic E-state index is -1.55. The van der Waals surface area contributed by atoms with E-state index in [1.807, 2.05) is 0 Å². The number of hydrogen-bond acceptors (Lipinski definition) is 8. The van der Waals surface area contributed by atoms with E-state index >= 15 is 0 Å². The Morgan fingerprint density at radius 1 is 0.559 bits per heavy atom. The lowest BCUT2D eigenvalue weighted by molar-refractivity contribution is -0.302. The van der Waals surface area contributed by atoms with Crippen molar-refractivity contribution in [3.8, 4) is 0 Å². The average molecular weight is 840 g/mol. The van der Waals surface area contributed by atoms with Crippen molar-refractivity contribution >= 4 is 5.91 Å². The van der Waals surface area contributed by atoms with Crippen molar-refractivity contribution in [1.29, 1.82) is 0 Å². The molecular formula is C50H97NO8. The molecule has 0 radical (unpaired) electrons. The fourth-order valence-electron chi connectivity index (χ4n) is 8.27. The van der Waals surface area contributed by atoms with Crippen LogP contribution in [0.1, 0.15) is 245 Å². The third kappa shape index (κ3) is 31.4. The first-order valence-electron chi connectivity index (χ1n) is 25.4. The number of unbranched alkanes of at least 4 members (excludes halogenated alkanes) is 31. The van der Waals surface area contributed by atoms with E-state index in [1.165, 1.54) is 180 Å². The van der Waals surface area contributed by atoms with Crippen LogP contribution in [0.4, 0.5) is 0 Å². The molecule has 0 aromatic rings. The monoisotopic (exact) mass is 840 g/mol. The maximum atomic E-state index is 13.0. The molecule has 350 valence electrons. The van der Waals surface area contributed by atoms with Gasteiger partial charge in [0.25, 0.3) is 0 Å². The molecule has 9 heteroatoms. The number of ether oxygens (including phenoxy) is 2. The fraction of sp³-hybridized carbons (Fsp3) is 0.940. The number of carbonyl (C=O) groups excluding carboxylic acids is 1. The van der Waals surface area contributed by atoms with Crippen molar-refractivity contribution in [2.75, 3.05) is 13.2 Å². The molecule has 1 amide bonds. The van der Waals surface area contributed by atoms with Crippen molar-refractivity contribution in [2.24, 2.45) is 0 Å². The van der Waals surface area contributed by atoms with Crippen molar-refractivity contribution in [1.82, 2.24) is 5.32 Å². The van der Waals surface area contributed by atoms with Gasteiger partial charge in [0.05, 0.1) is 25.4 Å². The van der Waals surface area contributed by atoms with Crippen LogP contribution in [0.15, 0.2) is 12.2 Å². The predicted molar refractivity (Wildman–Crippen MR) is 244 cm³/mol. The SMILES string of the molecule is CCCCCCCCCC/C=C\CCCCCCCCCCCCCC(=O)NC(COC1OC(CO)C(O)C(O)C1O)C(O)CCCCCCCCCCCCCCC. The number of aliphatic hydroxyl groups is 5. The molecule has 1 aliphatic rings. The van der Waals surface area contributed by atoms with Gasteiger partial charge in [0.2, 0.25) is 5.91 Å². The molecule has 59 heavy (non-hydrogen) atoms. The number of carbonyl (C=O) groups is 1. The number of rotatable bonds is 43. The first-order chi connectivity index (χ1) is 28.8. The minimum Gasteiger partial charge on any atom is -0.394 e. The average Bonchev–Trinajstić information content (AvgIpc) is 3.23. The summed E-state index contributed by atoms with van der Waals surface area (Å²) >= 11 is 0. The Kier molecular flexibility index (Phi) is 38.9. The van der Waals surface area contributed by atoms with Crippen LogP contribution < -0.4 is 5.32 Å². The standard InChI is InChI=1S/C50H97NO8/c1-3-5-7-9-11-13-15-17-18-19-20-21-22-23-24-25-26-28-30-32-34-36-38-40-46(54)51-43(42-58-50-49(57)48(56)47(55)45(41-52)59-50)44(53)39-37-35-33-31-29-27-16-14-12-10-8-6-4-2/h19-20,43-45,47-50,52-53,55-57H,3-18,21-42H2,1-2H3,(H,51,54)/b20-19-. The molecule has 1 fully saturated rings. The zero-order valence-electron chi connectivity index (χ0n) is 38.5. The molecule has 0 aliphatic carbocycles. The molecule has 1 saturated heterocycles. The third-order valence-electron chi connectivity index (χ3n) is 12.4. The first kappa shape index (κ1) is 55.9. The number of allylic oxidation sites excluding steroid dienone is 2. The maximum absolute atomic E-state index is 13.0. The van der Waals surface area contributed by atoms with Crippen LogP contribution in [-0.4, -0.2) is 87.5 Å². The van der Waals surface area contributed by atoms with Gasteiger partial charge in [-0.25, -0.2) is 0 Å². The second kappa shape index (κ2) is 41.0. The molecular weight excluding hydrogens is 743 g/mol. The Morgan fingerprint density at radius 2 is 0.949 bits per heavy atom. The smallest absolute Gasteiger partial charge is 0.220 e. The summed E-state index contributed by atoms with van der Waals surface area (Å²) in [6.07, 6.45) is 40.8. The van der Waals surface area contributed by atoms with E-state index < -0.39 is 49.5 Å². The quantitative estimate of drug-likeness (QED) is 0.0263. The normalized spacial score (nSPS) is 20.7. The zero-order chi connectivity index (χ0) is 43.0. The van der Waals surface area contributed by atoms with E-state index in [0.717, 1.165) is 38.5 Å². The Hall–Kier alpha value is -1.07. The van der Waals surface area contributed by atoms with Crippen LogP contribution in [0.3, 0.4) is 0 Å². The van der Waals surface area contributed by atoms with E-state index in [0.29, 0.717) is 12.8 Å². The van der Waals surface area contributed by atoms with E-state index in [-0.39, 0.29) is 12.5 Å². The summed E-state index contributed by atoms with van der Waals surface area (Å²) in [6, 6.07) is -0.715. The number of aliphatic hydroxyl groups excluding tert-OH is 5. The van der Waals surface area contributed by atoms with Gasteiger partial charge in [0.15, 0.2) is 6.29 Å². The number of hydrogen-bond donors (Lipinski definition) is 6. The molecule has 1 rings (SSSR count). The minimum absolute atomic E-state index is 0.134. The third-order valence-corrected chi connectivity index (χ3v) is 12.4. The van der Waals surface area contributed by atoms with Crippen molar-refractivity contribution in [2.45, 2.75) is 288 Å². The molecule has 7 atom stereocenters. The van der Waals surface area contributed by atoms with Gasteiger partial charge in [-0.3, -0.25) is 4.79 Å². The summed E-state index contributed by atoms with van der Waals surface area (Å²) < 4.78 is 11.3. The van der Waals surface area contributed by atoms with Crippen LogP contribution in [-0.2, 0) is 14.3 Å². The number of nitrogens with one attached hydrogen (secondary N) is 1. The molecule has 7 unspecified atom stereocenters. The molecule has 0 aromatic carbocycles. The lowest BCUT2D eigenvalue weighted by atomic mass is 9.99. The molecule has 0 saturated carbocycles. The Labute approximate surface area is 363 Å². The summed E-state index contributed by atoms with van der Waals surface area (Å²) in [5, 5.41) is 54.4. The summed E-state index contributed by atoms with van der Waals surface area (Å²) in [5.74, 6) is -0.143. The van der Waals surface area contributed by atoms with Crippen LogP contribution in [0, 0.1) is 0 Å². The van der Waals surface area contributed by atoms with Gasteiger partial charge < -0.3 is 40.3 Å². The summed E-state index contributed by atoms with van der Waals surface area (Å²) in [5.41, 5.74) is 0. The molecule has 6 N–H and O–H groups in total. The second-order valence-electron chi connectivity index (χ2n) is 18.0. The van der Waals surface area contributed by atoms with Gasteiger partial charge in [0, 0.05) is 6.42 Å². The van der Waals surface area contributed by atoms with E-state index in [1.54, 1.807) is 0 Å². The highest BCUT2D eigenvalue weighted by atomic mass is 16.7. The molecule has 0 aromatic heterocycles. The lowest BCUT2D eigenvalue weighted by Crippen LogP contribution is -2.60. The van der Waals surface area contributed by atoms with Gasteiger partial charge in [-0.15, -0.1) is 0 Å². The highest BCUT2D eigenvalue weighted by Gasteiger charge is 2.44. The topological polar surface area (TPSA) is 149 Å². The zero-order valence-corrected chi connectivity index (χ0v) is 38.5. The summed E-state index contributed by atoms with van der Waals surface area (Å²) in [4.78, 5) is 13.0. The van der Waals surface area contributed by atoms with Gasteiger partial charge in [0.1, 0.15) is 24.4 Å². The lowest BCUT2D eigenvalue weighted by Gasteiger charge is -2.40. The van der Waals surface area contributed by atoms with Crippen molar-refractivity contribution in [3.63, 3.8) is 0 Å². The highest BCUT2D eigenvalue weighted by Crippen LogP contribution is 2.23. The summed E-state index contributed by atoms with van der Waals surface area (Å²) in [6.45, 7) is 3.85. The fourth-order valence-corrected chi connectivity index (χ4v) is 8.27. The first-order valence-corrected chi connectivity index (χ1v) is 25.4. The highest BCUT2D eigenvalue weighted by molar-refractivity contribution is 5.76. The van der Waals surface area contributed by atoms with Crippen LogP contribution >= 0.6 is 0 Å². The van der Waals surface area contributed by atoms with Crippen molar-refractivity contribution in [3.05, 3.63) is 12.2 Å². The molecule has 0 bridgehead atoms. The van der Waals surface area contributed by atoms with E-state index in [9.17, 15) is 30.3 Å². The molecule has 1 heterocycles. The largest absolute Gasteiger partial charge is 0.394 e. The van der Waals surface area contributed by atoms with Crippen LogP contribution in [0.5, 0.6) is 0 Å². The maximum Gasteiger partial charge on any atom is 0.220 e. The van der Waals surface area contributed by atoms with Gasteiger partial charge >= 0.3 is 0 Å². The Balaban J connectivity index is 2.23. The predicted octanol–water partition coefficient (Wildman–Crippen LogP) is 11.3. The van der Waals surface area contributed by atoms with Gasteiger partial charge in [-0.2, -0.15) is 0 Å². The van der Waals surface area contributed by atoms with Gasteiger partial charge in [-0.05, 0) is 38.5 Å². The van der Waals surface area contributed by atoms with E-state index in [4.69, 9.17) is 9.47 Å². The Bertz CT molecular complexity index is 935. The molecule has 9 nitrogen and oxygen atoms in total. The molecule has 0 spiro atoms. The summed E-state index contributed by atoms with van der Waals surface area (Å²) in [7, 11) is 0. The van der Waals surface area contributed by atoms with Gasteiger partial charge in [-0.1, -0.05) is 212 Å².